The summed E-state index contributed by atoms with van der Waals surface area (Å²) >= 11 is 3.28. The van der Waals surface area contributed by atoms with Gasteiger partial charge in [-0.25, -0.2) is 9.78 Å². The van der Waals surface area contributed by atoms with E-state index in [-0.39, 0.29) is 5.56 Å². The topological polar surface area (TPSA) is 54.6 Å². The van der Waals surface area contributed by atoms with Crippen molar-refractivity contribution in [3.63, 3.8) is 0 Å². The van der Waals surface area contributed by atoms with Crippen LogP contribution in [-0.2, 0) is 0 Å². The van der Waals surface area contributed by atoms with Crippen LogP contribution in [0.3, 0.4) is 0 Å². The first-order chi connectivity index (χ1) is 6.59. The zero-order chi connectivity index (χ0) is 10.3. The van der Waals surface area contributed by atoms with Crippen LogP contribution in [0.5, 0.6) is 0 Å². The van der Waals surface area contributed by atoms with E-state index in [1.807, 2.05) is 6.92 Å². The van der Waals surface area contributed by atoms with E-state index in [0.717, 1.165) is 15.8 Å². The first-order valence-electron chi connectivity index (χ1n) is 3.96. The highest BCUT2D eigenvalue weighted by Gasteiger charge is 2.09. The summed E-state index contributed by atoms with van der Waals surface area (Å²) in [6.45, 7) is 1.87. The molecule has 0 amide bonds. The number of carboxylic acid groups (broad SMARTS) is 1. The van der Waals surface area contributed by atoms with Gasteiger partial charge in [-0.1, -0.05) is 0 Å². The lowest BCUT2D eigenvalue weighted by molar-refractivity contribution is 0.0697. The van der Waals surface area contributed by atoms with Gasteiger partial charge >= 0.3 is 5.97 Å². The summed E-state index contributed by atoms with van der Waals surface area (Å²) in [6, 6.07) is 1.59. The van der Waals surface area contributed by atoms with Gasteiger partial charge in [0.1, 0.15) is 4.60 Å². The molecule has 0 unspecified atom stereocenters. The molecule has 0 aliphatic heterocycles. The van der Waals surface area contributed by atoms with Crippen LogP contribution in [-0.4, -0.2) is 20.5 Å². The molecule has 0 saturated carbocycles. The molecule has 2 aromatic heterocycles. The number of fused-ring (bicyclic) bond motifs is 1. The van der Waals surface area contributed by atoms with E-state index >= 15 is 0 Å². The van der Waals surface area contributed by atoms with Crippen LogP contribution in [0.4, 0.5) is 0 Å². The summed E-state index contributed by atoms with van der Waals surface area (Å²) in [7, 11) is 0. The fourth-order valence-electron chi connectivity index (χ4n) is 1.30. The number of aromatic nitrogens is 2. The number of halogens is 1. The zero-order valence-electron chi connectivity index (χ0n) is 7.36. The molecule has 0 aliphatic carbocycles. The van der Waals surface area contributed by atoms with Crippen molar-refractivity contribution in [1.82, 2.24) is 9.38 Å². The molecule has 1 N–H and O–H groups in total. The summed E-state index contributed by atoms with van der Waals surface area (Å²) in [5.41, 5.74) is 1.94. The fraction of sp³-hybridized carbons (Fsp3) is 0.111. The minimum Gasteiger partial charge on any atom is -0.478 e. The Labute approximate surface area is 88.3 Å². The van der Waals surface area contributed by atoms with Crippen LogP contribution >= 0.6 is 15.9 Å². The van der Waals surface area contributed by atoms with Gasteiger partial charge in [0.2, 0.25) is 0 Å². The van der Waals surface area contributed by atoms with Crippen molar-refractivity contribution in [2.75, 3.05) is 0 Å². The van der Waals surface area contributed by atoms with Crippen molar-refractivity contribution in [1.29, 1.82) is 0 Å². The van der Waals surface area contributed by atoms with Crippen molar-refractivity contribution in [2.24, 2.45) is 0 Å². The van der Waals surface area contributed by atoms with Gasteiger partial charge in [-0.15, -0.1) is 0 Å². The quantitative estimate of drug-likeness (QED) is 0.848. The van der Waals surface area contributed by atoms with Gasteiger partial charge < -0.3 is 9.51 Å². The summed E-state index contributed by atoms with van der Waals surface area (Å²) < 4.78 is 2.51. The minimum atomic E-state index is -0.927. The zero-order valence-corrected chi connectivity index (χ0v) is 8.95. The molecule has 4 nitrogen and oxygen atoms in total. The van der Waals surface area contributed by atoms with E-state index in [0.29, 0.717) is 0 Å². The fourth-order valence-corrected chi connectivity index (χ4v) is 1.60. The number of nitrogens with zero attached hydrogens (tertiary/aromatic N) is 2. The number of carbonyl (C=O) groups is 1. The molecule has 5 heteroatoms. The second kappa shape index (κ2) is 3.09. The van der Waals surface area contributed by atoms with E-state index in [1.165, 1.54) is 0 Å². The summed E-state index contributed by atoms with van der Waals surface area (Å²) in [5, 5.41) is 8.80. The maximum Gasteiger partial charge on any atom is 0.337 e. The number of hydrogen-bond donors (Lipinski definition) is 1. The molecule has 0 spiro atoms. The molecule has 2 aromatic rings. The minimum absolute atomic E-state index is 0.271. The van der Waals surface area contributed by atoms with Crippen LogP contribution in [0.25, 0.3) is 5.52 Å². The third-order valence-corrected chi connectivity index (χ3v) is 2.85. The molecule has 2 rings (SSSR count). The normalized spacial score (nSPS) is 10.7. The number of hydrogen-bond acceptors (Lipinski definition) is 2. The highest BCUT2D eigenvalue weighted by Crippen LogP contribution is 2.17. The Hall–Kier alpha value is -1.36. The first kappa shape index (κ1) is 9.21. The highest BCUT2D eigenvalue weighted by atomic mass is 79.9. The molecule has 0 saturated heterocycles. The highest BCUT2D eigenvalue weighted by molar-refractivity contribution is 9.10. The van der Waals surface area contributed by atoms with Crippen molar-refractivity contribution in [2.45, 2.75) is 6.92 Å². The second-order valence-electron chi connectivity index (χ2n) is 2.96. The third-order valence-electron chi connectivity index (χ3n) is 2.07. The molecule has 72 valence electrons. The Morgan fingerprint density at radius 3 is 3.00 bits per heavy atom. The van der Waals surface area contributed by atoms with Crippen LogP contribution in [0.2, 0.25) is 0 Å². The van der Waals surface area contributed by atoms with Crippen molar-refractivity contribution < 1.29 is 9.90 Å². The van der Waals surface area contributed by atoms with Gasteiger partial charge in [0, 0.05) is 6.20 Å². The van der Waals surface area contributed by atoms with Gasteiger partial charge in [0.15, 0.2) is 0 Å². The second-order valence-corrected chi connectivity index (χ2v) is 3.71. The van der Waals surface area contributed by atoms with Crippen LogP contribution in [0.15, 0.2) is 23.1 Å². The molecule has 0 radical (unpaired) electrons. The molecule has 0 fully saturated rings. The van der Waals surface area contributed by atoms with E-state index in [9.17, 15) is 4.79 Å². The van der Waals surface area contributed by atoms with Gasteiger partial charge in [0.05, 0.1) is 23.0 Å². The maximum absolute atomic E-state index is 10.7. The lowest BCUT2D eigenvalue weighted by Crippen LogP contribution is -1.94. The summed E-state index contributed by atoms with van der Waals surface area (Å²) in [4.78, 5) is 14.8. The molecule has 0 aliphatic rings. The van der Waals surface area contributed by atoms with Crippen LogP contribution in [0.1, 0.15) is 16.1 Å². The van der Waals surface area contributed by atoms with Crippen LogP contribution in [0, 0.1) is 6.92 Å². The van der Waals surface area contributed by atoms with E-state index in [2.05, 4.69) is 20.9 Å². The van der Waals surface area contributed by atoms with Crippen molar-refractivity contribution in [3.8, 4) is 0 Å². The molecule has 0 bridgehead atoms. The Kier molecular flexibility index (Phi) is 2.03. The molecular weight excluding hydrogens is 248 g/mol. The smallest absolute Gasteiger partial charge is 0.337 e. The van der Waals surface area contributed by atoms with Crippen molar-refractivity contribution in [3.05, 3.63) is 34.3 Å². The average molecular weight is 255 g/mol. The Balaban J connectivity index is 2.77. The summed E-state index contributed by atoms with van der Waals surface area (Å²) in [6.07, 6.45) is 3.21. The number of aromatic carboxylic acids is 1. The Bertz CT molecular complexity index is 519. The van der Waals surface area contributed by atoms with Gasteiger partial charge in [-0.2, -0.15) is 0 Å². The predicted molar refractivity (Wildman–Crippen MR) is 54.6 cm³/mol. The monoisotopic (exact) mass is 254 g/mol. The maximum atomic E-state index is 10.7. The van der Waals surface area contributed by atoms with E-state index < -0.39 is 5.97 Å². The average Bonchev–Trinajstić information content (AvgIpc) is 2.56. The molecule has 2 heterocycles. The Morgan fingerprint density at radius 2 is 2.36 bits per heavy atom. The van der Waals surface area contributed by atoms with Gasteiger partial charge in [-0.3, -0.25) is 0 Å². The van der Waals surface area contributed by atoms with Gasteiger partial charge in [-0.05, 0) is 28.9 Å². The lowest BCUT2D eigenvalue weighted by atomic mass is 10.3. The predicted octanol–water partition coefficient (Wildman–Crippen LogP) is 2.10. The van der Waals surface area contributed by atoms with E-state index in [4.69, 9.17) is 5.11 Å². The lowest BCUT2D eigenvalue weighted by Gasteiger charge is -2.00. The standard InChI is InChI=1S/C9H7BrN2O2/c1-5-8(10)11-3-7-2-6(9(13)14)4-12(5)7/h2-4H,1H3,(H,13,14). The molecule has 0 atom stereocenters. The molecule has 0 aromatic carbocycles. The van der Waals surface area contributed by atoms with E-state index in [1.54, 1.807) is 22.9 Å². The number of aryl methyl sites for hydroxylation is 1. The summed E-state index contributed by atoms with van der Waals surface area (Å²) in [5.74, 6) is -0.927. The largest absolute Gasteiger partial charge is 0.478 e. The molecule has 14 heavy (non-hydrogen) atoms. The number of carboxylic acids is 1. The van der Waals surface area contributed by atoms with Gasteiger partial charge in [0.25, 0.3) is 0 Å². The molecular formula is C9H7BrN2O2. The SMILES string of the molecule is Cc1c(Br)ncc2cc(C(=O)O)cn12. The third kappa shape index (κ3) is 1.29. The van der Waals surface area contributed by atoms with Crippen molar-refractivity contribution >= 4 is 27.4 Å². The number of rotatable bonds is 1. The van der Waals surface area contributed by atoms with Crippen LogP contribution < -0.4 is 0 Å². The first-order valence-corrected chi connectivity index (χ1v) is 4.75. The Morgan fingerprint density at radius 1 is 1.64 bits per heavy atom.